The van der Waals surface area contributed by atoms with Crippen molar-refractivity contribution in [2.24, 2.45) is 12.0 Å². The van der Waals surface area contributed by atoms with Gasteiger partial charge in [-0.15, -0.1) is 24.0 Å². The van der Waals surface area contributed by atoms with Crippen molar-refractivity contribution in [2.45, 2.75) is 32.8 Å². The van der Waals surface area contributed by atoms with Gasteiger partial charge in [-0.05, 0) is 38.0 Å². The van der Waals surface area contributed by atoms with E-state index < -0.39 is 5.60 Å². The molecule has 9 heteroatoms. The second-order valence-electron chi connectivity index (χ2n) is 6.93. The lowest BCUT2D eigenvalue weighted by atomic mass is 10.0. The van der Waals surface area contributed by atoms with Gasteiger partial charge in [0, 0.05) is 44.5 Å². The molecule has 2 aromatic rings. The first-order valence-corrected chi connectivity index (χ1v) is 9.40. The van der Waals surface area contributed by atoms with Gasteiger partial charge in [0.15, 0.2) is 5.96 Å². The van der Waals surface area contributed by atoms with E-state index in [0.29, 0.717) is 12.5 Å². The van der Waals surface area contributed by atoms with Crippen LogP contribution in [0.25, 0.3) is 0 Å². The number of hydrogen-bond donors (Lipinski definition) is 4. The van der Waals surface area contributed by atoms with E-state index in [1.807, 2.05) is 38.2 Å². The first kappa shape index (κ1) is 24.9. The SMILES string of the molecule is CCNC(=NCC(C)(O)c1cnn(C)c1)NCCc1ccc(NC(C)=O)cc1.I. The van der Waals surface area contributed by atoms with Crippen molar-refractivity contribution in [1.82, 2.24) is 20.4 Å². The minimum absolute atomic E-state index is 0. The smallest absolute Gasteiger partial charge is 0.221 e. The summed E-state index contributed by atoms with van der Waals surface area (Å²) in [6.45, 7) is 6.86. The number of benzene rings is 1. The molecule has 0 radical (unpaired) electrons. The standard InChI is InChI=1S/C20H30N6O2.HI/c1-5-21-19(23-14-20(3,28)17-12-24-26(4)13-17)22-11-10-16-6-8-18(9-7-16)25-15(2)27;/h6-9,12-13,28H,5,10-11,14H2,1-4H3,(H,25,27)(H2,21,22,23);1H. The Morgan fingerprint density at radius 3 is 2.52 bits per heavy atom. The summed E-state index contributed by atoms with van der Waals surface area (Å²) in [5.74, 6) is 0.574. The van der Waals surface area contributed by atoms with Crippen molar-refractivity contribution in [3.05, 3.63) is 47.8 Å². The van der Waals surface area contributed by atoms with Gasteiger partial charge < -0.3 is 21.1 Å². The normalized spacial score (nSPS) is 13.2. The molecule has 1 unspecified atom stereocenters. The summed E-state index contributed by atoms with van der Waals surface area (Å²) in [6.07, 6.45) is 4.25. The largest absolute Gasteiger partial charge is 0.383 e. The molecular weight excluding hydrogens is 483 g/mol. The Morgan fingerprint density at radius 1 is 1.28 bits per heavy atom. The third-order valence-electron chi connectivity index (χ3n) is 4.20. The van der Waals surface area contributed by atoms with Crippen LogP contribution in [0.5, 0.6) is 0 Å². The van der Waals surface area contributed by atoms with E-state index in [2.05, 4.69) is 26.0 Å². The number of amides is 1. The number of aryl methyl sites for hydroxylation is 1. The number of aliphatic imine (C=N–C) groups is 1. The van der Waals surface area contributed by atoms with Gasteiger partial charge in [-0.1, -0.05) is 12.1 Å². The molecule has 0 fully saturated rings. The molecule has 1 amide bonds. The molecule has 0 aliphatic rings. The number of nitrogens with one attached hydrogen (secondary N) is 3. The van der Waals surface area contributed by atoms with Gasteiger partial charge in [-0.2, -0.15) is 5.10 Å². The van der Waals surface area contributed by atoms with Crippen molar-refractivity contribution >= 4 is 41.5 Å². The van der Waals surface area contributed by atoms with Gasteiger partial charge in [0.2, 0.25) is 5.91 Å². The van der Waals surface area contributed by atoms with E-state index in [1.54, 1.807) is 24.0 Å². The average molecular weight is 514 g/mol. The number of aromatic nitrogens is 2. The quantitative estimate of drug-likeness (QED) is 0.245. The number of carbonyl (C=O) groups is 1. The summed E-state index contributed by atoms with van der Waals surface area (Å²) in [5, 5.41) is 24.0. The Balaban J connectivity index is 0.00000420. The highest BCUT2D eigenvalue weighted by atomic mass is 127. The van der Waals surface area contributed by atoms with Crippen molar-refractivity contribution in [2.75, 3.05) is 25.0 Å². The number of aliphatic hydroxyl groups is 1. The minimum Gasteiger partial charge on any atom is -0.383 e. The highest BCUT2D eigenvalue weighted by Gasteiger charge is 2.24. The van der Waals surface area contributed by atoms with Crippen molar-refractivity contribution in [3.63, 3.8) is 0 Å². The molecule has 0 aliphatic heterocycles. The number of anilines is 1. The topological polar surface area (TPSA) is 104 Å². The molecule has 8 nitrogen and oxygen atoms in total. The van der Waals surface area contributed by atoms with Crippen LogP contribution < -0.4 is 16.0 Å². The molecule has 1 aromatic carbocycles. The first-order valence-electron chi connectivity index (χ1n) is 9.40. The van der Waals surface area contributed by atoms with Gasteiger partial charge in [-0.3, -0.25) is 9.48 Å². The lowest BCUT2D eigenvalue weighted by Crippen LogP contribution is -2.39. The zero-order valence-corrected chi connectivity index (χ0v) is 19.7. The second kappa shape index (κ2) is 11.8. The summed E-state index contributed by atoms with van der Waals surface area (Å²) < 4.78 is 1.66. The molecule has 29 heavy (non-hydrogen) atoms. The van der Waals surface area contributed by atoms with Crippen LogP contribution in [0.1, 0.15) is 31.9 Å². The molecular formula is C20H31IN6O2. The third-order valence-corrected chi connectivity index (χ3v) is 4.20. The van der Waals surface area contributed by atoms with E-state index in [0.717, 1.165) is 29.8 Å². The van der Waals surface area contributed by atoms with Gasteiger partial charge in [-0.25, -0.2) is 4.99 Å². The van der Waals surface area contributed by atoms with Crippen molar-refractivity contribution < 1.29 is 9.90 Å². The van der Waals surface area contributed by atoms with E-state index in [1.165, 1.54) is 6.92 Å². The average Bonchev–Trinajstić information content (AvgIpc) is 3.08. The van der Waals surface area contributed by atoms with Crippen molar-refractivity contribution in [1.29, 1.82) is 0 Å². The van der Waals surface area contributed by atoms with E-state index in [9.17, 15) is 9.90 Å². The van der Waals surface area contributed by atoms with Crippen LogP contribution in [-0.4, -0.2) is 46.4 Å². The van der Waals surface area contributed by atoms with Gasteiger partial charge >= 0.3 is 0 Å². The number of carbonyl (C=O) groups excluding carboxylic acids is 1. The Hall–Kier alpha value is -2.14. The molecule has 0 bridgehead atoms. The van der Waals surface area contributed by atoms with Crippen molar-refractivity contribution in [3.8, 4) is 0 Å². The Morgan fingerprint density at radius 2 is 1.97 bits per heavy atom. The lowest BCUT2D eigenvalue weighted by Gasteiger charge is -2.20. The molecule has 4 N–H and O–H groups in total. The minimum atomic E-state index is -1.09. The molecule has 160 valence electrons. The number of rotatable bonds is 8. The number of guanidine groups is 1. The predicted octanol–water partition coefficient (Wildman–Crippen LogP) is 2.00. The number of nitrogens with zero attached hydrogens (tertiary/aromatic N) is 3. The zero-order valence-electron chi connectivity index (χ0n) is 17.4. The maximum Gasteiger partial charge on any atom is 0.221 e. The summed E-state index contributed by atoms with van der Waals surface area (Å²) in [5.41, 5.74) is 1.58. The van der Waals surface area contributed by atoms with E-state index in [4.69, 9.17) is 0 Å². The summed E-state index contributed by atoms with van der Waals surface area (Å²) in [7, 11) is 1.82. The predicted molar refractivity (Wildman–Crippen MR) is 127 cm³/mol. The Bertz CT molecular complexity index is 802. The summed E-state index contributed by atoms with van der Waals surface area (Å²) >= 11 is 0. The number of hydrogen-bond acceptors (Lipinski definition) is 4. The van der Waals surface area contributed by atoms with Crippen LogP contribution in [0.3, 0.4) is 0 Å². The second-order valence-corrected chi connectivity index (χ2v) is 6.93. The first-order chi connectivity index (χ1) is 13.3. The van der Waals surface area contributed by atoms with Crippen LogP contribution in [-0.2, 0) is 23.9 Å². The summed E-state index contributed by atoms with van der Waals surface area (Å²) in [4.78, 5) is 15.6. The van der Waals surface area contributed by atoms with Gasteiger partial charge in [0.1, 0.15) is 5.60 Å². The van der Waals surface area contributed by atoms with Crippen LogP contribution in [0, 0.1) is 0 Å². The molecule has 0 saturated heterocycles. The third kappa shape index (κ3) is 8.40. The molecule has 1 aromatic heterocycles. The molecule has 0 saturated carbocycles. The summed E-state index contributed by atoms with van der Waals surface area (Å²) in [6, 6.07) is 7.76. The fourth-order valence-electron chi connectivity index (χ4n) is 2.65. The monoisotopic (exact) mass is 514 g/mol. The van der Waals surface area contributed by atoms with Crippen LogP contribution in [0.15, 0.2) is 41.7 Å². The molecule has 2 rings (SSSR count). The fraction of sp³-hybridized carbons (Fsp3) is 0.450. The molecule has 1 heterocycles. The lowest BCUT2D eigenvalue weighted by molar-refractivity contribution is -0.114. The fourth-order valence-corrected chi connectivity index (χ4v) is 2.65. The molecule has 1 atom stereocenters. The van der Waals surface area contributed by atoms with Crippen LogP contribution in [0.4, 0.5) is 5.69 Å². The number of halogens is 1. The van der Waals surface area contributed by atoms with Crippen LogP contribution in [0.2, 0.25) is 0 Å². The molecule has 0 aliphatic carbocycles. The van der Waals surface area contributed by atoms with E-state index >= 15 is 0 Å². The Labute approximate surface area is 189 Å². The molecule has 0 spiro atoms. The Kier molecular flexibility index (Phi) is 10.1. The zero-order chi connectivity index (χ0) is 20.6. The van der Waals surface area contributed by atoms with E-state index in [-0.39, 0.29) is 36.4 Å². The maximum atomic E-state index is 11.1. The highest BCUT2D eigenvalue weighted by molar-refractivity contribution is 14.0. The van der Waals surface area contributed by atoms with Gasteiger partial charge in [0.05, 0.1) is 12.7 Å². The maximum absolute atomic E-state index is 11.1. The van der Waals surface area contributed by atoms with Crippen LogP contribution >= 0.6 is 24.0 Å². The highest BCUT2D eigenvalue weighted by Crippen LogP contribution is 2.19. The van der Waals surface area contributed by atoms with Gasteiger partial charge in [0.25, 0.3) is 0 Å².